The summed E-state index contributed by atoms with van der Waals surface area (Å²) in [5.41, 5.74) is 2.47. The Balaban J connectivity index is 1.53. The van der Waals surface area contributed by atoms with Crippen LogP contribution in [0.25, 0.3) is 17.0 Å². The molecule has 1 aliphatic heterocycles. The summed E-state index contributed by atoms with van der Waals surface area (Å²) in [5.74, 6) is -0.440. The number of rotatable bonds is 9. The van der Waals surface area contributed by atoms with Gasteiger partial charge in [0.05, 0.1) is 11.4 Å². The first-order valence-corrected chi connectivity index (χ1v) is 12.0. The van der Waals surface area contributed by atoms with Gasteiger partial charge in [0.2, 0.25) is 5.91 Å². The first kappa shape index (κ1) is 24.1. The minimum Gasteiger partial charge on any atom is -0.385 e. The largest absolute Gasteiger partial charge is 0.385 e. The molecule has 7 nitrogen and oxygen atoms in total. The molecule has 1 N–H and O–H groups in total. The summed E-state index contributed by atoms with van der Waals surface area (Å²) < 4.78 is 6.85. The van der Waals surface area contributed by atoms with Gasteiger partial charge in [-0.15, -0.1) is 0 Å². The van der Waals surface area contributed by atoms with Crippen LogP contribution in [0.1, 0.15) is 17.5 Å². The van der Waals surface area contributed by atoms with Crippen LogP contribution in [0.3, 0.4) is 0 Å². The van der Waals surface area contributed by atoms with Crippen molar-refractivity contribution in [3.05, 3.63) is 75.8 Å². The molecule has 0 unspecified atom stereocenters. The van der Waals surface area contributed by atoms with Crippen LogP contribution in [0, 0.1) is 0 Å². The number of nitrogens with zero attached hydrogens (tertiary/aromatic N) is 2. The predicted octanol–water partition coefficient (Wildman–Crippen LogP) is 4.68. The van der Waals surface area contributed by atoms with E-state index in [4.69, 9.17) is 16.3 Å². The Hall–Kier alpha value is -3.07. The topological polar surface area (TPSA) is 80.6 Å². The second kappa shape index (κ2) is 10.9. The zero-order chi connectivity index (χ0) is 24.1. The maximum absolute atomic E-state index is 13.0. The number of carbonyl (C=O) groups excluding carboxylic acids is 3. The summed E-state index contributed by atoms with van der Waals surface area (Å²) in [4.78, 5) is 39.5. The van der Waals surface area contributed by atoms with Crippen LogP contribution in [-0.4, -0.2) is 46.8 Å². The van der Waals surface area contributed by atoms with E-state index in [0.717, 1.165) is 40.2 Å². The second-order valence-electron chi connectivity index (χ2n) is 7.82. The molecule has 3 aromatic rings. The van der Waals surface area contributed by atoms with Gasteiger partial charge in [0, 0.05) is 47.9 Å². The van der Waals surface area contributed by atoms with Crippen LogP contribution in [-0.2, 0) is 27.4 Å². The van der Waals surface area contributed by atoms with E-state index >= 15 is 0 Å². The van der Waals surface area contributed by atoms with E-state index in [0.29, 0.717) is 23.1 Å². The Morgan fingerprint density at radius 3 is 2.68 bits per heavy atom. The molecule has 0 saturated carbocycles. The number of halogens is 1. The lowest BCUT2D eigenvalue weighted by Gasteiger charge is -2.12. The highest BCUT2D eigenvalue weighted by atomic mass is 35.5. The van der Waals surface area contributed by atoms with Gasteiger partial charge in [-0.3, -0.25) is 19.3 Å². The van der Waals surface area contributed by atoms with Gasteiger partial charge in [0.15, 0.2) is 0 Å². The molecule has 9 heteroatoms. The van der Waals surface area contributed by atoms with E-state index in [9.17, 15) is 14.4 Å². The van der Waals surface area contributed by atoms with Gasteiger partial charge in [-0.05, 0) is 48.0 Å². The van der Waals surface area contributed by atoms with Gasteiger partial charge < -0.3 is 14.6 Å². The number of para-hydroxylation sites is 1. The third-order valence-corrected chi connectivity index (χ3v) is 6.55. The Bertz CT molecular complexity index is 1250. The van der Waals surface area contributed by atoms with E-state index in [1.807, 2.05) is 35.0 Å². The quantitative estimate of drug-likeness (QED) is 0.343. The van der Waals surface area contributed by atoms with Crippen LogP contribution in [0.15, 0.2) is 59.6 Å². The molecular formula is C25H24ClN3O4S. The molecule has 1 saturated heterocycles. The van der Waals surface area contributed by atoms with Crippen LogP contribution in [0.2, 0.25) is 5.02 Å². The summed E-state index contributed by atoms with van der Waals surface area (Å²) >= 11 is 6.84. The minimum absolute atomic E-state index is 0.105. The number of nitrogens with one attached hydrogen (secondary N) is 1. The van der Waals surface area contributed by atoms with Gasteiger partial charge in [-0.1, -0.05) is 41.9 Å². The third-order valence-electron chi connectivity index (χ3n) is 5.39. The lowest BCUT2D eigenvalue weighted by atomic mass is 10.1. The molecule has 0 spiro atoms. The zero-order valence-corrected chi connectivity index (χ0v) is 20.2. The SMILES string of the molecule is COCCCNC(=O)Cn1cc(/C=C2\SC(=O)N(Cc3ccc(Cl)cc3)C2=O)c2ccccc21. The van der Waals surface area contributed by atoms with Crippen molar-refractivity contribution in [2.75, 3.05) is 20.3 Å². The monoisotopic (exact) mass is 497 g/mol. The lowest BCUT2D eigenvalue weighted by Crippen LogP contribution is -2.28. The second-order valence-corrected chi connectivity index (χ2v) is 9.25. The number of benzene rings is 2. The van der Waals surface area contributed by atoms with E-state index in [1.165, 1.54) is 4.90 Å². The molecule has 2 aromatic carbocycles. The van der Waals surface area contributed by atoms with Gasteiger partial charge in [0.25, 0.3) is 11.1 Å². The van der Waals surface area contributed by atoms with E-state index in [-0.39, 0.29) is 30.1 Å². The molecule has 0 atom stereocenters. The van der Waals surface area contributed by atoms with Crippen LogP contribution in [0.4, 0.5) is 4.79 Å². The molecule has 1 aromatic heterocycles. The fourth-order valence-corrected chi connectivity index (χ4v) is 4.68. The van der Waals surface area contributed by atoms with Gasteiger partial charge in [-0.2, -0.15) is 0 Å². The lowest BCUT2D eigenvalue weighted by molar-refractivity contribution is -0.123. The van der Waals surface area contributed by atoms with Crippen LogP contribution in [0.5, 0.6) is 0 Å². The van der Waals surface area contributed by atoms with Crippen molar-refractivity contribution in [3.8, 4) is 0 Å². The molecule has 0 bridgehead atoms. The number of hydrogen-bond acceptors (Lipinski definition) is 5. The number of amides is 3. The Labute approximate surface area is 206 Å². The third kappa shape index (κ3) is 5.52. The molecule has 3 amide bonds. The standard InChI is InChI=1S/C25H24ClN3O4S/c1-33-12-4-11-27-23(30)16-28-15-18(20-5-2-3-6-21(20)28)13-22-24(31)29(25(32)34-22)14-17-7-9-19(26)10-8-17/h2-3,5-10,13,15H,4,11-12,14,16H2,1H3,(H,27,30)/b22-13-. The molecule has 2 heterocycles. The van der Waals surface area contributed by atoms with E-state index < -0.39 is 0 Å². The highest BCUT2D eigenvalue weighted by Gasteiger charge is 2.35. The van der Waals surface area contributed by atoms with Gasteiger partial charge in [-0.25, -0.2) is 0 Å². The number of imide groups is 1. The molecule has 1 fully saturated rings. The first-order valence-electron chi connectivity index (χ1n) is 10.8. The molecular weight excluding hydrogens is 474 g/mol. The fourth-order valence-electron chi connectivity index (χ4n) is 3.73. The Morgan fingerprint density at radius 2 is 1.91 bits per heavy atom. The first-order chi connectivity index (χ1) is 16.5. The number of hydrogen-bond donors (Lipinski definition) is 1. The Kier molecular flexibility index (Phi) is 7.72. The van der Waals surface area contributed by atoms with Crippen molar-refractivity contribution in [1.29, 1.82) is 0 Å². The molecule has 0 radical (unpaired) electrons. The number of ether oxygens (including phenoxy) is 1. The summed E-state index contributed by atoms with van der Waals surface area (Å²) in [6.07, 6.45) is 4.31. The summed E-state index contributed by atoms with van der Waals surface area (Å²) in [6, 6.07) is 14.7. The van der Waals surface area contributed by atoms with Gasteiger partial charge >= 0.3 is 0 Å². The van der Waals surface area contributed by atoms with Crippen molar-refractivity contribution in [2.45, 2.75) is 19.5 Å². The maximum atomic E-state index is 13.0. The zero-order valence-electron chi connectivity index (χ0n) is 18.6. The summed E-state index contributed by atoms with van der Waals surface area (Å²) in [5, 5.41) is 4.07. The maximum Gasteiger partial charge on any atom is 0.293 e. The minimum atomic E-state index is -0.335. The smallest absolute Gasteiger partial charge is 0.293 e. The van der Waals surface area contributed by atoms with Crippen molar-refractivity contribution in [2.24, 2.45) is 0 Å². The summed E-state index contributed by atoms with van der Waals surface area (Å²) in [6.45, 7) is 1.47. The fraction of sp³-hybridized carbons (Fsp3) is 0.240. The number of thioether (sulfide) groups is 1. The average molecular weight is 498 g/mol. The Morgan fingerprint density at radius 1 is 1.15 bits per heavy atom. The number of aromatic nitrogens is 1. The highest BCUT2D eigenvalue weighted by molar-refractivity contribution is 8.18. The van der Waals surface area contributed by atoms with Gasteiger partial charge in [0.1, 0.15) is 6.54 Å². The number of carbonyl (C=O) groups is 3. The van der Waals surface area contributed by atoms with Crippen LogP contribution < -0.4 is 5.32 Å². The highest BCUT2D eigenvalue weighted by Crippen LogP contribution is 2.35. The van der Waals surface area contributed by atoms with E-state index in [1.54, 1.807) is 37.5 Å². The normalized spacial score (nSPS) is 15.0. The molecule has 0 aliphatic carbocycles. The predicted molar refractivity (Wildman–Crippen MR) is 134 cm³/mol. The molecule has 176 valence electrons. The molecule has 34 heavy (non-hydrogen) atoms. The molecule has 4 rings (SSSR count). The number of methoxy groups -OCH3 is 1. The van der Waals surface area contributed by atoms with Crippen molar-refractivity contribution >= 4 is 57.4 Å². The molecule has 1 aliphatic rings. The van der Waals surface area contributed by atoms with Crippen molar-refractivity contribution in [1.82, 2.24) is 14.8 Å². The van der Waals surface area contributed by atoms with Crippen molar-refractivity contribution in [3.63, 3.8) is 0 Å². The summed E-state index contributed by atoms with van der Waals surface area (Å²) in [7, 11) is 1.63. The van der Waals surface area contributed by atoms with Crippen molar-refractivity contribution < 1.29 is 19.1 Å². The van der Waals surface area contributed by atoms with E-state index in [2.05, 4.69) is 5.32 Å². The number of fused-ring (bicyclic) bond motifs is 1. The van der Waals surface area contributed by atoms with Crippen LogP contribution >= 0.6 is 23.4 Å². The average Bonchev–Trinajstić information content (AvgIpc) is 3.30.